The van der Waals surface area contributed by atoms with Crippen LogP contribution in [0.4, 0.5) is 0 Å². The van der Waals surface area contributed by atoms with E-state index < -0.39 is 0 Å². The van der Waals surface area contributed by atoms with Gasteiger partial charge in [-0.15, -0.1) is 0 Å². The lowest BCUT2D eigenvalue weighted by Crippen LogP contribution is -2.49. The smallest absolute Gasteiger partial charge is 0.239 e. The van der Waals surface area contributed by atoms with Crippen molar-refractivity contribution >= 4 is 11.8 Å². The molecular weight excluding hydrogens is 264 g/mol. The molecule has 1 N–H and O–H groups in total. The molecular formula is C17H26N2O2. The van der Waals surface area contributed by atoms with Gasteiger partial charge in [0.15, 0.2) is 0 Å². The van der Waals surface area contributed by atoms with Crippen LogP contribution in [0.3, 0.4) is 0 Å². The van der Waals surface area contributed by atoms with Gasteiger partial charge in [-0.3, -0.25) is 9.59 Å². The van der Waals surface area contributed by atoms with Crippen LogP contribution < -0.4 is 5.32 Å². The van der Waals surface area contributed by atoms with Gasteiger partial charge in [-0.2, -0.15) is 0 Å². The van der Waals surface area contributed by atoms with Gasteiger partial charge in [-0.25, -0.2) is 0 Å². The van der Waals surface area contributed by atoms with Crippen molar-refractivity contribution in [1.29, 1.82) is 0 Å². The fraction of sp³-hybridized carbons (Fsp3) is 0.882. The van der Waals surface area contributed by atoms with Crippen LogP contribution in [-0.4, -0.2) is 36.3 Å². The molecule has 0 aromatic heterocycles. The summed E-state index contributed by atoms with van der Waals surface area (Å²) in [5.74, 6) is 2.89. The van der Waals surface area contributed by atoms with Crippen molar-refractivity contribution in [3.63, 3.8) is 0 Å². The standard InChI is InChI=1S/C17H26N2O2/c20-15-11-19(3-1-2-18-15)16(21)10-17-7-12-4-13(8-17)6-14(5-12)9-17/h12-14H,1-11H2,(H,18,20). The molecule has 4 nitrogen and oxygen atoms in total. The lowest BCUT2D eigenvalue weighted by atomic mass is 9.49. The Morgan fingerprint density at radius 2 is 1.76 bits per heavy atom. The zero-order valence-corrected chi connectivity index (χ0v) is 12.8. The van der Waals surface area contributed by atoms with E-state index in [9.17, 15) is 9.59 Å². The molecule has 0 aromatic carbocycles. The SMILES string of the molecule is O=C1CN(C(=O)CC23CC4CC(CC(C4)C2)C3)CCCN1. The summed E-state index contributed by atoms with van der Waals surface area (Å²) in [5, 5.41) is 2.86. The zero-order chi connectivity index (χ0) is 14.4. The Bertz CT molecular complexity index is 424. The normalized spacial score (nSPS) is 41.8. The molecule has 0 atom stereocenters. The van der Waals surface area contributed by atoms with Gasteiger partial charge in [0, 0.05) is 19.5 Å². The molecule has 0 radical (unpaired) electrons. The topological polar surface area (TPSA) is 49.4 Å². The van der Waals surface area contributed by atoms with E-state index in [0.29, 0.717) is 13.0 Å². The van der Waals surface area contributed by atoms with Crippen LogP contribution in [0.5, 0.6) is 0 Å². The molecule has 1 aliphatic heterocycles. The quantitative estimate of drug-likeness (QED) is 0.845. The highest BCUT2D eigenvalue weighted by atomic mass is 16.2. The molecule has 0 aromatic rings. The second-order valence-electron chi connectivity index (χ2n) is 8.11. The van der Waals surface area contributed by atoms with Crippen molar-refractivity contribution in [2.24, 2.45) is 23.2 Å². The first kappa shape index (κ1) is 13.6. The minimum atomic E-state index is 0.00589. The molecule has 1 heterocycles. The largest absolute Gasteiger partial charge is 0.354 e. The van der Waals surface area contributed by atoms with Crippen molar-refractivity contribution in [2.75, 3.05) is 19.6 Å². The summed E-state index contributed by atoms with van der Waals surface area (Å²) >= 11 is 0. The van der Waals surface area contributed by atoms with E-state index in [1.807, 2.05) is 0 Å². The predicted octanol–water partition coefficient (Wildman–Crippen LogP) is 1.94. The fourth-order valence-corrected chi connectivity index (χ4v) is 5.96. The Kier molecular flexibility index (Phi) is 3.23. The average molecular weight is 290 g/mol. The van der Waals surface area contributed by atoms with Gasteiger partial charge in [0.1, 0.15) is 0 Å². The third kappa shape index (κ3) is 2.58. The lowest BCUT2D eigenvalue weighted by molar-refractivity contribution is -0.142. The molecule has 4 saturated carbocycles. The number of carbonyl (C=O) groups excluding carboxylic acids is 2. The van der Waals surface area contributed by atoms with Gasteiger partial charge in [0.05, 0.1) is 6.54 Å². The molecule has 116 valence electrons. The van der Waals surface area contributed by atoms with Crippen molar-refractivity contribution in [3.8, 4) is 0 Å². The molecule has 1 saturated heterocycles. The Labute approximate surface area is 126 Å². The van der Waals surface area contributed by atoms with Crippen molar-refractivity contribution in [1.82, 2.24) is 10.2 Å². The molecule has 21 heavy (non-hydrogen) atoms. The minimum Gasteiger partial charge on any atom is -0.354 e. The molecule has 2 amide bonds. The van der Waals surface area contributed by atoms with Gasteiger partial charge >= 0.3 is 0 Å². The maximum absolute atomic E-state index is 12.7. The second kappa shape index (κ2) is 4.99. The summed E-state index contributed by atoms with van der Waals surface area (Å²) in [5.41, 5.74) is 0.286. The Morgan fingerprint density at radius 3 is 2.38 bits per heavy atom. The molecule has 4 heteroatoms. The van der Waals surface area contributed by atoms with Crippen LogP contribution in [-0.2, 0) is 9.59 Å². The number of nitrogens with zero attached hydrogens (tertiary/aromatic N) is 1. The molecule has 5 fully saturated rings. The number of carbonyl (C=O) groups is 2. The minimum absolute atomic E-state index is 0.00589. The number of rotatable bonds is 2. The van der Waals surface area contributed by atoms with E-state index in [2.05, 4.69) is 5.32 Å². The first-order valence-corrected chi connectivity index (χ1v) is 8.66. The monoisotopic (exact) mass is 290 g/mol. The van der Waals surface area contributed by atoms with Crippen molar-refractivity contribution in [3.05, 3.63) is 0 Å². The van der Waals surface area contributed by atoms with E-state index >= 15 is 0 Å². The number of hydrogen-bond donors (Lipinski definition) is 1. The Balaban J connectivity index is 1.45. The third-order valence-corrected chi connectivity index (χ3v) is 6.31. The van der Waals surface area contributed by atoms with Gasteiger partial charge in [0.2, 0.25) is 11.8 Å². The maximum atomic E-state index is 12.7. The predicted molar refractivity (Wildman–Crippen MR) is 79.4 cm³/mol. The summed E-state index contributed by atoms with van der Waals surface area (Å²) in [6.45, 7) is 1.72. The van der Waals surface area contributed by atoms with Crippen LogP contribution in [0.2, 0.25) is 0 Å². The summed E-state index contributed by atoms with van der Waals surface area (Å²) in [6.07, 6.45) is 9.64. The Morgan fingerprint density at radius 1 is 1.14 bits per heavy atom. The summed E-state index contributed by atoms with van der Waals surface area (Å²) in [4.78, 5) is 26.2. The van der Waals surface area contributed by atoms with Crippen LogP contribution in [0, 0.1) is 23.2 Å². The van der Waals surface area contributed by atoms with Gasteiger partial charge in [-0.05, 0) is 68.1 Å². The molecule has 4 aliphatic carbocycles. The van der Waals surface area contributed by atoms with Crippen LogP contribution in [0.25, 0.3) is 0 Å². The highest BCUT2D eigenvalue weighted by Gasteiger charge is 2.51. The summed E-state index contributed by atoms with van der Waals surface area (Å²) < 4.78 is 0. The highest BCUT2D eigenvalue weighted by Crippen LogP contribution is 2.61. The summed E-state index contributed by atoms with van der Waals surface area (Å²) in [7, 11) is 0. The van der Waals surface area contributed by atoms with Gasteiger partial charge in [0.25, 0.3) is 0 Å². The van der Waals surface area contributed by atoms with E-state index in [0.717, 1.165) is 30.7 Å². The molecule has 0 spiro atoms. The molecule has 0 unspecified atom stereocenters. The van der Waals surface area contributed by atoms with E-state index in [1.165, 1.54) is 38.5 Å². The van der Waals surface area contributed by atoms with Crippen LogP contribution >= 0.6 is 0 Å². The number of amides is 2. The molecule has 4 bridgehead atoms. The van der Waals surface area contributed by atoms with E-state index in [-0.39, 0.29) is 23.8 Å². The Hall–Kier alpha value is -1.06. The van der Waals surface area contributed by atoms with Crippen LogP contribution in [0.1, 0.15) is 51.4 Å². The molecule has 5 aliphatic rings. The van der Waals surface area contributed by atoms with Crippen LogP contribution in [0.15, 0.2) is 0 Å². The average Bonchev–Trinajstić information content (AvgIpc) is 2.61. The zero-order valence-electron chi connectivity index (χ0n) is 12.8. The first-order valence-electron chi connectivity index (χ1n) is 8.66. The number of nitrogens with one attached hydrogen (secondary N) is 1. The third-order valence-electron chi connectivity index (χ3n) is 6.31. The fourth-order valence-electron chi connectivity index (χ4n) is 5.96. The number of hydrogen-bond acceptors (Lipinski definition) is 2. The molecule has 5 rings (SSSR count). The van der Waals surface area contributed by atoms with Gasteiger partial charge < -0.3 is 10.2 Å². The lowest BCUT2D eigenvalue weighted by Gasteiger charge is -2.57. The van der Waals surface area contributed by atoms with Crippen molar-refractivity contribution in [2.45, 2.75) is 51.4 Å². The highest BCUT2D eigenvalue weighted by molar-refractivity contribution is 5.85. The van der Waals surface area contributed by atoms with E-state index in [1.54, 1.807) is 4.90 Å². The second-order valence-corrected chi connectivity index (χ2v) is 8.11. The summed E-state index contributed by atoms with van der Waals surface area (Å²) in [6, 6.07) is 0. The first-order chi connectivity index (χ1) is 10.1. The van der Waals surface area contributed by atoms with Gasteiger partial charge in [-0.1, -0.05) is 0 Å². The van der Waals surface area contributed by atoms with E-state index in [4.69, 9.17) is 0 Å². The van der Waals surface area contributed by atoms with Crippen molar-refractivity contribution < 1.29 is 9.59 Å². The maximum Gasteiger partial charge on any atom is 0.239 e.